The first-order valence-corrected chi connectivity index (χ1v) is 4.87. The maximum atomic E-state index is 5.51. The van der Waals surface area contributed by atoms with Crippen LogP contribution in [0.2, 0.25) is 0 Å². The molecule has 0 saturated carbocycles. The Balaban J connectivity index is 2.41. The molecule has 3 heteroatoms. The van der Waals surface area contributed by atoms with Gasteiger partial charge in [0.05, 0.1) is 0 Å². The van der Waals surface area contributed by atoms with Crippen LogP contribution in [0, 0.1) is 12.8 Å². The first kappa shape index (κ1) is 9.19. The summed E-state index contributed by atoms with van der Waals surface area (Å²) in [6, 6.07) is 2.00. The molecule has 0 amide bonds. The van der Waals surface area contributed by atoms with Crippen molar-refractivity contribution in [2.24, 2.45) is 5.92 Å². The minimum Gasteiger partial charge on any atom is -0.422 e. The average Bonchev–Trinajstić information content (AvgIpc) is 2.44. The van der Waals surface area contributed by atoms with Crippen LogP contribution >= 0.6 is 0 Å². The molecule has 0 unspecified atom stereocenters. The van der Waals surface area contributed by atoms with Gasteiger partial charge in [0.15, 0.2) is 5.89 Å². The van der Waals surface area contributed by atoms with Gasteiger partial charge in [-0.3, -0.25) is 0 Å². The van der Waals surface area contributed by atoms with E-state index >= 15 is 0 Å². The second-order valence-electron chi connectivity index (χ2n) is 4.04. The summed E-state index contributed by atoms with van der Waals surface area (Å²) >= 11 is 0. The third-order valence-electron chi connectivity index (χ3n) is 2.01. The number of aromatic nitrogens is 2. The lowest BCUT2D eigenvalue weighted by Crippen LogP contribution is -1.93. The summed E-state index contributed by atoms with van der Waals surface area (Å²) in [5.74, 6) is 1.34. The predicted octanol–water partition coefficient (Wildman–Crippen LogP) is 2.73. The van der Waals surface area contributed by atoms with Gasteiger partial charge in [-0.25, -0.2) is 9.97 Å². The molecule has 0 saturated heterocycles. The highest BCUT2D eigenvalue weighted by atomic mass is 16.4. The van der Waals surface area contributed by atoms with Crippen LogP contribution in [-0.2, 0) is 6.42 Å². The normalized spacial score (nSPS) is 11.4. The van der Waals surface area contributed by atoms with Crippen molar-refractivity contribution in [1.29, 1.82) is 0 Å². The molecule has 0 N–H and O–H groups in total. The fourth-order valence-electron chi connectivity index (χ4n) is 1.41. The van der Waals surface area contributed by atoms with Crippen LogP contribution in [0.25, 0.3) is 11.2 Å². The molecule has 0 atom stereocenters. The van der Waals surface area contributed by atoms with Gasteiger partial charge in [-0.05, 0) is 24.5 Å². The van der Waals surface area contributed by atoms with E-state index in [1.165, 1.54) is 0 Å². The standard InChI is InChI=1S/C11H14N2O/c1-7(2)4-10-13-9-5-8(3)6-12-11(9)14-10/h5-7H,4H2,1-3H3. The minimum absolute atomic E-state index is 0.559. The fraction of sp³-hybridized carbons (Fsp3) is 0.455. The Bertz CT molecular complexity index is 445. The van der Waals surface area contributed by atoms with E-state index in [2.05, 4.69) is 23.8 Å². The van der Waals surface area contributed by atoms with Gasteiger partial charge < -0.3 is 4.42 Å². The number of oxazole rings is 1. The Labute approximate surface area is 83.2 Å². The van der Waals surface area contributed by atoms with Crippen LogP contribution in [0.1, 0.15) is 25.3 Å². The summed E-state index contributed by atoms with van der Waals surface area (Å²) < 4.78 is 5.51. The molecule has 74 valence electrons. The van der Waals surface area contributed by atoms with Crippen LogP contribution in [0.5, 0.6) is 0 Å². The van der Waals surface area contributed by atoms with Crippen molar-refractivity contribution in [2.45, 2.75) is 27.2 Å². The van der Waals surface area contributed by atoms with Gasteiger partial charge in [0.1, 0.15) is 5.52 Å². The quantitative estimate of drug-likeness (QED) is 0.730. The van der Waals surface area contributed by atoms with E-state index in [0.717, 1.165) is 23.4 Å². The van der Waals surface area contributed by atoms with Crippen molar-refractivity contribution in [2.75, 3.05) is 0 Å². The van der Waals surface area contributed by atoms with E-state index in [1.807, 2.05) is 13.0 Å². The van der Waals surface area contributed by atoms with Crippen LogP contribution in [-0.4, -0.2) is 9.97 Å². The zero-order chi connectivity index (χ0) is 10.1. The topological polar surface area (TPSA) is 38.9 Å². The number of nitrogens with zero attached hydrogens (tertiary/aromatic N) is 2. The highest BCUT2D eigenvalue weighted by Gasteiger charge is 2.08. The minimum atomic E-state index is 0.559. The van der Waals surface area contributed by atoms with Crippen LogP contribution < -0.4 is 0 Å². The Morgan fingerprint density at radius 3 is 2.93 bits per heavy atom. The number of hydrogen-bond donors (Lipinski definition) is 0. The Kier molecular flexibility index (Phi) is 2.23. The molecule has 0 fully saturated rings. The molecule has 0 aliphatic rings. The molecule has 2 aromatic rings. The monoisotopic (exact) mass is 190 g/mol. The molecular weight excluding hydrogens is 176 g/mol. The SMILES string of the molecule is Cc1cnc2oc(CC(C)C)nc2c1. The van der Waals surface area contributed by atoms with Gasteiger partial charge in [0.25, 0.3) is 0 Å². The first-order chi connectivity index (χ1) is 6.65. The van der Waals surface area contributed by atoms with E-state index in [1.54, 1.807) is 6.20 Å². The van der Waals surface area contributed by atoms with Gasteiger partial charge in [-0.15, -0.1) is 0 Å². The lowest BCUT2D eigenvalue weighted by molar-refractivity contribution is 0.477. The van der Waals surface area contributed by atoms with Crippen molar-refractivity contribution < 1.29 is 4.42 Å². The maximum absolute atomic E-state index is 5.51. The molecule has 0 bridgehead atoms. The van der Waals surface area contributed by atoms with Crippen molar-refractivity contribution in [3.05, 3.63) is 23.7 Å². The van der Waals surface area contributed by atoms with E-state index < -0.39 is 0 Å². The van der Waals surface area contributed by atoms with Crippen molar-refractivity contribution >= 4 is 11.2 Å². The first-order valence-electron chi connectivity index (χ1n) is 4.87. The highest BCUT2D eigenvalue weighted by Crippen LogP contribution is 2.16. The molecule has 0 aliphatic carbocycles. The molecule has 2 aromatic heterocycles. The lowest BCUT2D eigenvalue weighted by Gasteiger charge is -1.96. The summed E-state index contributed by atoms with van der Waals surface area (Å²) in [6.07, 6.45) is 2.67. The molecule has 0 aromatic carbocycles. The number of fused-ring (bicyclic) bond motifs is 1. The summed E-state index contributed by atoms with van der Waals surface area (Å²) in [6.45, 7) is 6.30. The second-order valence-corrected chi connectivity index (χ2v) is 4.04. The van der Waals surface area contributed by atoms with Crippen molar-refractivity contribution in [3.8, 4) is 0 Å². The van der Waals surface area contributed by atoms with Gasteiger partial charge in [-0.2, -0.15) is 0 Å². The van der Waals surface area contributed by atoms with E-state index in [4.69, 9.17) is 4.42 Å². The zero-order valence-electron chi connectivity index (χ0n) is 8.74. The van der Waals surface area contributed by atoms with Gasteiger partial charge in [-0.1, -0.05) is 13.8 Å². The third-order valence-corrected chi connectivity index (χ3v) is 2.01. The maximum Gasteiger partial charge on any atom is 0.246 e. The molecule has 2 heterocycles. The van der Waals surface area contributed by atoms with Gasteiger partial charge in [0.2, 0.25) is 5.71 Å². The predicted molar refractivity (Wildman–Crippen MR) is 55.1 cm³/mol. The molecule has 3 nitrogen and oxygen atoms in total. The Morgan fingerprint density at radius 2 is 2.21 bits per heavy atom. The number of rotatable bonds is 2. The van der Waals surface area contributed by atoms with Crippen molar-refractivity contribution in [3.63, 3.8) is 0 Å². The van der Waals surface area contributed by atoms with Crippen LogP contribution in [0.4, 0.5) is 0 Å². The highest BCUT2D eigenvalue weighted by molar-refractivity contribution is 5.68. The third kappa shape index (κ3) is 1.76. The van der Waals surface area contributed by atoms with E-state index in [0.29, 0.717) is 11.6 Å². The lowest BCUT2D eigenvalue weighted by atomic mass is 10.1. The Morgan fingerprint density at radius 1 is 1.43 bits per heavy atom. The summed E-state index contributed by atoms with van der Waals surface area (Å²) in [7, 11) is 0. The molecule has 14 heavy (non-hydrogen) atoms. The van der Waals surface area contributed by atoms with E-state index in [9.17, 15) is 0 Å². The largest absolute Gasteiger partial charge is 0.422 e. The number of pyridine rings is 1. The number of hydrogen-bond acceptors (Lipinski definition) is 3. The van der Waals surface area contributed by atoms with Crippen molar-refractivity contribution in [1.82, 2.24) is 9.97 Å². The van der Waals surface area contributed by atoms with E-state index in [-0.39, 0.29) is 0 Å². The zero-order valence-corrected chi connectivity index (χ0v) is 8.74. The summed E-state index contributed by atoms with van der Waals surface area (Å²) in [5, 5.41) is 0. The van der Waals surface area contributed by atoms with Gasteiger partial charge >= 0.3 is 0 Å². The van der Waals surface area contributed by atoms with Gasteiger partial charge in [0, 0.05) is 12.6 Å². The van der Waals surface area contributed by atoms with Crippen LogP contribution in [0.15, 0.2) is 16.7 Å². The van der Waals surface area contributed by atoms with Crippen LogP contribution in [0.3, 0.4) is 0 Å². The number of aryl methyl sites for hydroxylation is 1. The fourth-order valence-corrected chi connectivity index (χ4v) is 1.41. The molecule has 0 aliphatic heterocycles. The molecule has 0 spiro atoms. The molecular formula is C11H14N2O. The molecule has 0 radical (unpaired) electrons. The second kappa shape index (κ2) is 3.40. The molecule has 2 rings (SSSR count). The average molecular weight is 190 g/mol. The summed E-state index contributed by atoms with van der Waals surface area (Å²) in [4.78, 5) is 8.56. The smallest absolute Gasteiger partial charge is 0.246 e. The summed E-state index contributed by atoms with van der Waals surface area (Å²) in [5.41, 5.74) is 2.62. The Hall–Kier alpha value is -1.38.